The summed E-state index contributed by atoms with van der Waals surface area (Å²) in [6.07, 6.45) is -0.383. The molecule has 0 spiro atoms. The molecular formula is C10H20ClNO4. The third-order valence-corrected chi connectivity index (χ3v) is 1.56. The highest BCUT2D eigenvalue weighted by molar-refractivity contribution is 5.67. The zero-order valence-electron chi connectivity index (χ0n) is 10.4. The molecule has 96 valence electrons. The van der Waals surface area contributed by atoms with Crippen LogP contribution < -0.4 is 12.4 Å². The fraction of sp³-hybridized carbons (Fsp3) is 0.800. The van der Waals surface area contributed by atoms with Crippen LogP contribution in [-0.2, 0) is 19.1 Å². The van der Waals surface area contributed by atoms with Crippen molar-refractivity contribution in [2.75, 3.05) is 34.3 Å². The van der Waals surface area contributed by atoms with Gasteiger partial charge < -0.3 is 26.4 Å². The number of ether oxygens (including phenoxy) is 2. The second-order valence-electron chi connectivity index (χ2n) is 4.51. The quantitative estimate of drug-likeness (QED) is 0.392. The summed E-state index contributed by atoms with van der Waals surface area (Å²) in [5.74, 6) is -0.728. The first-order valence-corrected chi connectivity index (χ1v) is 4.82. The Morgan fingerprint density at radius 2 is 1.62 bits per heavy atom. The van der Waals surface area contributed by atoms with Crippen LogP contribution in [-0.4, -0.2) is 56.8 Å². The van der Waals surface area contributed by atoms with Gasteiger partial charge in [0.25, 0.3) is 0 Å². The molecule has 1 unspecified atom stereocenters. The molecule has 0 aromatic heterocycles. The Hall–Kier alpha value is -0.810. The Morgan fingerprint density at radius 1 is 1.12 bits per heavy atom. The molecule has 0 heterocycles. The molecule has 0 radical (unpaired) electrons. The van der Waals surface area contributed by atoms with E-state index in [1.807, 2.05) is 21.1 Å². The van der Waals surface area contributed by atoms with Gasteiger partial charge in [-0.25, -0.2) is 0 Å². The average Bonchev–Trinajstić information content (AvgIpc) is 1.95. The molecule has 0 aliphatic carbocycles. The van der Waals surface area contributed by atoms with Gasteiger partial charge in [-0.1, -0.05) is 0 Å². The molecule has 0 aromatic rings. The molecule has 0 aromatic carbocycles. The number of likely N-dealkylation sites (N-methyl/N-ethyl adjacent to an activating group) is 1. The van der Waals surface area contributed by atoms with Crippen LogP contribution >= 0.6 is 0 Å². The molecule has 0 bridgehead atoms. The monoisotopic (exact) mass is 253 g/mol. The summed E-state index contributed by atoms with van der Waals surface area (Å²) < 4.78 is 10.5. The number of rotatable bonds is 5. The second-order valence-corrected chi connectivity index (χ2v) is 4.51. The van der Waals surface area contributed by atoms with Crippen molar-refractivity contribution in [3.63, 3.8) is 0 Å². The summed E-state index contributed by atoms with van der Waals surface area (Å²) in [7, 11) is 5.93. The van der Waals surface area contributed by atoms with Crippen molar-refractivity contribution in [2.24, 2.45) is 0 Å². The Bertz CT molecular complexity index is 237. The van der Waals surface area contributed by atoms with Crippen LogP contribution in [0.5, 0.6) is 0 Å². The van der Waals surface area contributed by atoms with E-state index in [-0.39, 0.29) is 37.1 Å². The lowest BCUT2D eigenvalue weighted by molar-refractivity contribution is -0.873. The predicted molar refractivity (Wildman–Crippen MR) is 55.1 cm³/mol. The van der Waals surface area contributed by atoms with E-state index in [1.54, 1.807) is 0 Å². The van der Waals surface area contributed by atoms with Crippen molar-refractivity contribution in [1.29, 1.82) is 0 Å². The lowest BCUT2D eigenvalue weighted by Gasteiger charge is -2.28. The third-order valence-electron chi connectivity index (χ3n) is 1.56. The minimum Gasteiger partial charge on any atom is -1.00 e. The first-order valence-electron chi connectivity index (χ1n) is 4.82. The molecular weight excluding hydrogens is 234 g/mol. The van der Waals surface area contributed by atoms with Crippen LogP contribution in [0.4, 0.5) is 0 Å². The minimum atomic E-state index is -0.383. The molecule has 5 nitrogen and oxygen atoms in total. The highest BCUT2D eigenvalue weighted by Crippen LogP contribution is 2.01. The van der Waals surface area contributed by atoms with E-state index in [4.69, 9.17) is 9.47 Å². The van der Waals surface area contributed by atoms with Crippen LogP contribution in [0, 0.1) is 0 Å². The van der Waals surface area contributed by atoms with Crippen molar-refractivity contribution < 1.29 is 36.0 Å². The first kappa shape index (κ1) is 17.6. The smallest absolute Gasteiger partial charge is 0.303 e. The van der Waals surface area contributed by atoms with Crippen molar-refractivity contribution in [1.82, 2.24) is 0 Å². The Balaban J connectivity index is 0. The predicted octanol–water partition coefficient (Wildman–Crippen LogP) is -2.81. The molecule has 0 saturated heterocycles. The van der Waals surface area contributed by atoms with Gasteiger partial charge in [0.1, 0.15) is 13.2 Å². The normalized spacial score (nSPS) is 12.3. The van der Waals surface area contributed by atoms with Gasteiger partial charge in [0.15, 0.2) is 6.10 Å². The molecule has 0 amide bonds. The highest BCUT2D eigenvalue weighted by atomic mass is 35.5. The zero-order valence-corrected chi connectivity index (χ0v) is 11.2. The van der Waals surface area contributed by atoms with E-state index in [0.717, 1.165) is 0 Å². The summed E-state index contributed by atoms with van der Waals surface area (Å²) in [6.45, 7) is 3.39. The third kappa shape index (κ3) is 11.3. The van der Waals surface area contributed by atoms with E-state index < -0.39 is 0 Å². The summed E-state index contributed by atoms with van der Waals surface area (Å²) in [4.78, 5) is 21.4. The van der Waals surface area contributed by atoms with Gasteiger partial charge in [-0.2, -0.15) is 0 Å². The Labute approximate surface area is 103 Å². The van der Waals surface area contributed by atoms with Crippen LogP contribution in [0.15, 0.2) is 0 Å². The summed E-state index contributed by atoms with van der Waals surface area (Å²) in [6, 6.07) is 0. The van der Waals surface area contributed by atoms with E-state index in [1.165, 1.54) is 13.8 Å². The number of quaternary nitrogens is 1. The maximum atomic E-state index is 10.8. The summed E-state index contributed by atoms with van der Waals surface area (Å²) in [5, 5.41) is 0. The molecule has 0 rings (SSSR count). The SMILES string of the molecule is CC(=O)OCC(C[N+](C)(C)C)OC(C)=O.[Cl-]. The number of carbonyl (C=O) groups is 2. The topological polar surface area (TPSA) is 52.6 Å². The molecule has 0 saturated carbocycles. The van der Waals surface area contributed by atoms with Gasteiger partial charge in [0.2, 0.25) is 0 Å². The Morgan fingerprint density at radius 3 is 1.94 bits per heavy atom. The van der Waals surface area contributed by atoms with E-state index in [2.05, 4.69) is 0 Å². The van der Waals surface area contributed by atoms with Crippen molar-refractivity contribution in [3.8, 4) is 0 Å². The fourth-order valence-corrected chi connectivity index (χ4v) is 1.18. The van der Waals surface area contributed by atoms with Crippen molar-refractivity contribution in [3.05, 3.63) is 0 Å². The maximum absolute atomic E-state index is 10.8. The molecule has 0 N–H and O–H groups in total. The van der Waals surface area contributed by atoms with Crippen molar-refractivity contribution in [2.45, 2.75) is 20.0 Å². The van der Waals surface area contributed by atoms with Gasteiger partial charge >= 0.3 is 11.9 Å². The van der Waals surface area contributed by atoms with Gasteiger partial charge in [0, 0.05) is 13.8 Å². The van der Waals surface area contributed by atoms with Gasteiger partial charge in [0.05, 0.1) is 21.1 Å². The summed E-state index contributed by atoms with van der Waals surface area (Å²) in [5.41, 5.74) is 0. The minimum absolute atomic E-state index is 0. The van der Waals surface area contributed by atoms with Crippen molar-refractivity contribution >= 4 is 11.9 Å². The zero-order chi connectivity index (χ0) is 12.1. The molecule has 16 heavy (non-hydrogen) atoms. The molecule has 6 heteroatoms. The maximum Gasteiger partial charge on any atom is 0.303 e. The summed E-state index contributed by atoms with van der Waals surface area (Å²) >= 11 is 0. The number of esters is 2. The van der Waals surface area contributed by atoms with Crippen LogP contribution in [0.25, 0.3) is 0 Å². The fourth-order valence-electron chi connectivity index (χ4n) is 1.18. The molecule has 0 aliphatic rings. The highest BCUT2D eigenvalue weighted by Gasteiger charge is 2.21. The number of carbonyl (C=O) groups excluding carboxylic acids is 2. The van der Waals surface area contributed by atoms with Gasteiger partial charge in [-0.15, -0.1) is 0 Å². The number of halogens is 1. The lowest BCUT2D eigenvalue weighted by atomic mass is 10.3. The van der Waals surface area contributed by atoms with E-state index >= 15 is 0 Å². The second kappa shape index (κ2) is 7.46. The van der Waals surface area contributed by atoms with Crippen LogP contribution in [0.2, 0.25) is 0 Å². The van der Waals surface area contributed by atoms with Gasteiger partial charge in [-0.05, 0) is 0 Å². The van der Waals surface area contributed by atoms with Crippen LogP contribution in [0.3, 0.4) is 0 Å². The number of hydrogen-bond donors (Lipinski definition) is 0. The standard InChI is InChI=1S/C10H20NO4.ClH/c1-8(12)14-7-10(15-9(2)13)6-11(3,4)5;/h10H,6-7H2,1-5H3;1H/q+1;/p-1. The van der Waals surface area contributed by atoms with E-state index in [9.17, 15) is 9.59 Å². The first-order chi connectivity index (χ1) is 6.70. The van der Waals surface area contributed by atoms with Gasteiger partial charge in [-0.3, -0.25) is 9.59 Å². The molecule has 0 aliphatic heterocycles. The van der Waals surface area contributed by atoms with E-state index in [0.29, 0.717) is 11.0 Å². The molecule has 0 fully saturated rings. The molecule has 1 atom stereocenters. The number of hydrogen-bond acceptors (Lipinski definition) is 4. The lowest BCUT2D eigenvalue weighted by Crippen LogP contribution is -3.00. The average molecular weight is 254 g/mol. The Kier molecular flexibility index (Phi) is 8.20. The van der Waals surface area contributed by atoms with Crippen LogP contribution in [0.1, 0.15) is 13.8 Å². The number of nitrogens with zero attached hydrogens (tertiary/aromatic N) is 1. The largest absolute Gasteiger partial charge is 1.00 e.